The molecular weight excluding hydrogens is 356 g/mol. The standard InChI is InChI=1S/C20H18N6O2/c1-12-6-7-17-15(8-12)18(27)16(10-21-17)20(28)26(2)11-13-4-3-5-14(9-13)19-22-24-25-23-19/h3-10H,11H2,1-2H3,(H,21,27)(H,22,23,24,25). The highest BCUT2D eigenvalue weighted by Crippen LogP contribution is 2.17. The number of fused-ring (bicyclic) bond motifs is 1. The van der Waals surface area contributed by atoms with Gasteiger partial charge in [-0.1, -0.05) is 29.8 Å². The number of tetrazole rings is 1. The maximum Gasteiger partial charge on any atom is 0.259 e. The second-order valence-electron chi connectivity index (χ2n) is 6.68. The Labute approximate surface area is 160 Å². The van der Waals surface area contributed by atoms with Crippen molar-refractivity contribution in [2.45, 2.75) is 13.5 Å². The number of aromatic nitrogens is 5. The molecule has 1 amide bonds. The number of amides is 1. The lowest BCUT2D eigenvalue weighted by molar-refractivity contribution is 0.0783. The molecule has 0 fully saturated rings. The third-order valence-electron chi connectivity index (χ3n) is 4.56. The molecule has 8 heteroatoms. The molecule has 0 saturated heterocycles. The average Bonchev–Trinajstić information content (AvgIpc) is 3.23. The van der Waals surface area contributed by atoms with Crippen LogP contribution in [0, 0.1) is 6.92 Å². The largest absolute Gasteiger partial charge is 0.360 e. The number of rotatable bonds is 4. The number of aromatic amines is 2. The van der Waals surface area contributed by atoms with Gasteiger partial charge in [0.2, 0.25) is 11.3 Å². The number of nitrogens with zero attached hydrogens (tertiary/aromatic N) is 4. The molecule has 4 aromatic rings. The molecule has 0 aliphatic rings. The molecule has 0 spiro atoms. The van der Waals surface area contributed by atoms with Crippen molar-refractivity contribution in [3.8, 4) is 11.4 Å². The number of nitrogens with one attached hydrogen (secondary N) is 2. The van der Waals surface area contributed by atoms with Gasteiger partial charge in [-0.25, -0.2) is 0 Å². The first kappa shape index (κ1) is 17.6. The van der Waals surface area contributed by atoms with E-state index in [0.717, 1.165) is 16.7 Å². The van der Waals surface area contributed by atoms with Crippen molar-refractivity contribution in [1.82, 2.24) is 30.5 Å². The number of aryl methyl sites for hydroxylation is 1. The quantitative estimate of drug-likeness (QED) is 0.570. The summed E-state index contributed by atoms with van der Waals surface area (Å²) in [5, 5.41) is 14.4. The SMILES string of the molecule is Cc1ccc2[nH]cc(C(=O)N(C)Cc3cccc(-c4nn[nH]n4)c3)c(=O)c2c1. The van der Waals surface area contributed by atoms with Crippen molar-refractivity contribution in [2.24, 2.45) is 0 Å². The zero-order chi connectivity index (χ0) is 19.7. The summed E-state index contributed by atoms with van der Waals surface area (Å²) < 4.78 is 0. The number of hydrogen-bond acceptors (Lipinski definition) is 5. The summed E-state index contributed by atoms with van der Waals surface area (Å²) >= 11 is 0. The van der Waals surface area contributed by atoms with Crippen LogP contribution in [0.2, 0.25) is 0 Å². The summed E-state index contributed by atoms with van der Waals surface area (Å²) in [6, 6.07) is 13.1. The summed E-state index contributed by atoms with van der Waals surface area (Å²) in [5.41, 5.74) is 3.22. The average molecular weight is 374 g/mol. The fraction of sp³-hybridized carbons (Fsp3) is 0.150. The molecule has 140 valence electrons. The summed E-state index contributed by atoms with van der Waals surface area (Å²) in [6.07, 6.45) is 1.48. The lowest BCUT2D eigenvalue weighted by Gasteiger charge is -2.17. The van der Waals surface area contributed by atoms with E-state index < -0.39 is 0 Å². The van der Waals surface area contributed by atoms with Gasteiger partial charge < -0.3 is 9.88 Å². The van der Waals surface area contributed by atoms with Gasteiger partial charge in [-0.2, -0.15) is 5.21 Å². The fourth-order valence-corrected chi connectivity index (χ4v) is 3.14. The third-order valence-corrected chi connectivity index (χ3v) is 4.56. The predicted molar refractivity (Wildman–Crippen MR) is 105 cm³/mol. The molecule has 2 aromatic heterocycles. The summed E-state index contributed by atoms with van der Waals surface area (Å²) in [7, 11) is 1.67. The van der Waals surface area contributed by atoms with Crippen LogP contribution in [0.15, 0.2) is 53.5 Å². The Morgan fingerprint density at radius 2 is 2.04 bits per heavy atom. The van der Waals surface area contributed by atoms with E-state index in [4.69, 9.17) is 0 Å². The molecule has 8 nitrogen and oxygen atoms in total. The van der Waals surface area contributed by atoms with Crippen molar-refractivity contribution in [2.75, 3.05) is 7.05 Å². The lowest BCUT2D eigenvalue weighted by atomic mass is 10.1. The number of carbonyl (C=O) groups excluding carboxylic acids is 1. The Morgan fingerprint density at radius 3 is 2.82 bits per heavy atom. The minimum Gasteiger partial charge on any atom is -0.360 e. The van der Waals surface area contributed by atoms with E-state index in [1.54, 1.807) is 13.1 Å². The van der Waals surface area contributed by atoms with Gasteiger partial charge in [0, 0.05) is 36.3 Å². The van der Waals surface area contributed by atoms with Crippen LogP contribution in [0.3, 0.4) is 0 Å². The van der Waals surface area contributed by atoms with E-state index in [9.17, 15) is 9.59 Å². The molecule has 0 unspecified atom stereocenters. The van der Waals surface area contributed by atoms with Crippen LogP contribution in [-0.4, -0.2) is 43.5 Å². The van der Waals surface area contributed by atoms with E-state index in [1.807, 2.05) is 43.3 Å². The lowest BCUT2D eigenvalue weighted by Crippen LogP contribution is -2.30. The Morgan fingerprint density at radius 1 is 1.18 bits per heavy atom. The van der Waals surface area contributed by atoms with Crippen LogP contribution in [0.5, 0.6) is 0 Å². The number of benzene rings is 2. The molecule has 2 N–H and O–H groups in total. The van der Waals surface area contributed by atoms with Gasteiger partial charge >= 0.3 is 0 Å². The minimum absolute atomic E-state index is 0.120. The van der Waals surface area contributed by atoms with Gasteiger partial charge in [0.25, 0.3) is 5.91 Å². The third kappa shape index (κ3) is 3.27. The molecule has 0 bridgehead atoms. The van der Waals surface area contributed by atoms with E-state index in [1.165, 1.54) is 11.1 Å². The number of H-pyrrole nitrogens is 2. The maximum atomic E-state index is 12.9. The summed E-state index contributed by atoms with van der Waals surface area (Å²) in [6.45, 7) is 2.26. The molecule has 0 saturated carbocycles. The number of carbonyl (C=O) groups is 1. The number of pyridine rings is 1. The van der Waals surface area contributed by atoms with E-state index in [-0.39, 0.29) is 16.9 Å². The maximum absolute atomic E-state index is 12.9. The van der Waals surface area contributed by atoms with Gasteiger partial charge in [0.15, 0.2) is 0 Å². The first-order chi connectivity index (χ1) is 13.5. The van der Waals surface area contributed by atoms with Crippen LogP contribution >= 0.6 is 0 Å². The van der Waals surface area contributed by atoms with Gasteiger partial charge in [-0.15, -0.1) is 10.2 Å². The second-order valence-corrected chi connectivity index (χ2v) is 6.68. The predicted octanol–water partition coefficient (Wildman–Crippen LogP) is 2.29. The second kappa shape index (κ2) is 7.07. The van der Waals surface area contributed by atoms with Crippen molar-refractivity contribution < 1.29 is 4.79 Å². The van der Waals surface area contributed by atoms with Gasteiger partial charge in [0.1, 0.15) is 5.56 Å². The van der Waals surface area contributed by atoms with Crippen molar-refractivity contribution >= 4 is 16.8 Å². The zero-order valence-electron chi connectivity index (χ0n) is 15.4. The van der Waals surface area contributed by atoms with Gasteiger partial charge in [-0.3, -0.25) is 9.59 Å². The molecule has 4 rings (SSSR count). The highest BCUT2D eigenvalue weighted by atomic mass is 16.2. The number of hydrogen-bond donors (Lipinski definition) is 2. The first-order valence-electron chi connectivity index (χ1n) is 8.73. The molecule has 28 heavy (non-hydrogen) atoms. The normalized spacial score (nSPS) is 10.9. The Bertz CT molecular complexity index is 1210. The highest BCUT2D eigenvalue weighted by Gasteiger charge is 2.18. The highest BCUT2D eigenvalue weighted by molar-refractivity contribution is 5.97. The molecule has 0 aliphatic heterocycles. The van der Waals surface area contributed by atoms with Crippen LogP contribution < -0.4 is 5.43 Å². The van der Waals surface area contributed by atoms with Crippen LogP contribution in [0.4, 0.5) is 0 Å². The van der Waals surface area contributed by atoms with Gasteiger partial charge in [0.05, 0.1) is 0 Å². The smallest absolute Gasteiger partial charge is 0.259 e. The molecule has 2 heterocycles. The van der Waals surface area contributed by atoms with E-state index >= 15 is 0 Å². The Hall–Kier alpha value is -3.81. The summed E-state index contributed by atoms with van der Waals surface area (Å²) in [4.78, 5) is 30.2. The van der Waals surface area contributed by atoms with Crippen LogP contribution in [-0.2, 0) is 6.54 Å². The summed E-state index contributed by atoms with van der Waals surface area (Å²) in [5.74, 6) is 0.145. The van der Waals surface area contributed by atoms with Crippen molar-refractivity contribution in [3.63, 3.8) is 0 Å². The molecule has 0 atom stereocenters. The molecule has 0 aliphatic carbocycles. The van der Waals surface area contributed by atoms with E-state index in [0.29, 0.717) is 23.3 Å². The first-order valence-corrected chi connectivity index (χ1v) is 8.73. The zero-order valence-corrected chi connectivity index (χ0v) is 15.4. The Kier molecular flexibility index (Phi) is 4.44. The van der Waals surface area contributed by atoms with Crippen molar-refractivity contribution in [3.05, 3.63) is 75.6 Å². The van der Waals surface area contributed by atoms with Crippen LogP contribution in [0.25, 0.3) is 22.3 Å². The van der Waals surface area contributed by atoms with E-state index in [2.05, 4.69) is 25.6 Å². The van der Waals surface area contributed by atoms with Gasteiger partial charge in [-0.05, 0) is 35.9 Å². The molecule has 0 radical (unpaired) electrons. The fourth-order valence-electron chi connectivity index (χ4n) is 3.14. The van der Waals surface area contributed by atoms with Crippen LogP contribution in [0.1, 0.15) is 21.5 Å². The minimum atomic E-state index is -0.338. The Balaban J connectivity index is 1.61. The molecule has 2 aromatic carbocycles. The monoisotopic (exact) mass is 374 g/mol. The molecular formula is C20H18N6O2. The van der Waals surface area contributed by atoms with Crippen molar-refractivity contribution in [1.29, 1.82) is 0 Å². The topological polar surface area (TPSA) is 108 Å².